The van der Waals surface area contributed by atoms with Crippen molar-refractivity contribution in [3.8, 4) is 5.75 Å². The molecule has 0 unspecified atom stereocenters. The molecule has 0 aromatic heterocycles. The summed E-state index contributed by atoms with van der Waals surface area (Å²) < 4.78 is 5.92. The highest BCUT2D eigenvalue weighted by Gasteiger charge is 2.13. The van der Waals surface area contributed by atoms with Gasteiger partial charge in [-0.25, -0.2) is 0 Å². The fourth-order valence-electron chi connectivity index (χ4n) is 3.64. The van der Waals surface area contributed by atoms with Crippen LogP contribution in [0.4, 0.5) is 0 Å². The average molecular weight is 376 g/mol. The van der Waals surface area contributed by atoms with Gasteiger partial charge in [-0.05, 0) is 51.8 Å². The third-order valence-corrected chi connectivity index (χ3v) is 5.38. The molecule has 156 valence electrons. The summed E-state index contributed by atoms with van der Waals surface area (Å²) in [5.74, 6) is 1.01. The maximum atomic E-state index is 5.92. The Balaban J connectivity index is 2.11. The summed E-state index contributed by atoms with van der Waals surface area (Å²) in [4.78, 5) is 2.51. The molecule has 0 amide bonds. The van der Waals surface area contributed by atoms with E-state index in [1.807, 2.05) is 0 Å². The minimum atomic E-state index is 0.567. The number of rotatable bonds is 16. The first-order valence-electron chi connectivity index (χ1n) is 11.5. The summed E-state index contributed by atoms with van der Waals surface area (Å²) in [7, 11) is 0. The van der Waals surface area contributed by atoms with Gasteiger partial charge in [0.05, 0.1) is 6.61 Å². The lowest BCUT2D eigenvalue weighted by molar-refractivity contribution is 0.166. The van der Waals surface area contributed by atoms with Crippen molar-refractivity contribution >= 4 is 0 Å². The van der Waals surface area contributed by atoms with Gasteiger partial charge in [-0.3, -0.25) is 4.90 Å². The van der Waals surface area contributed by atoms with E-state index >= 15 is 0 Å². The van der Waals surface area contributed by atoms with Crippen LogP contribution in [0.1, 0.15) is 104 Å². The molecular weight excluding hydrogens is 330 g/mol. The van der Waals surface area contributed by atoms with Crippen molar-refractivity contribution in [1.29, 1.82) is 0 Å². The Morgan fingerprint density at radius 2 is 1.19 bits per heavy atom. The molecule has 0 aliphatic rings. The first-order chi connectivity index (χ1) is 13.0. The molecular formula is C25H45NO. The fourth-order valence-corrected chi connectivity index (χ4v) is 3.64. The molecule has 0 saturated carbocycles. The maximum Gasteiger partial charge on any atom is 0.119 e. The van der Waals surface area contributed by atoms with E-state index in [0.29, 0.717) is 12.1 Å². The number of benzene rings is 1. The third-order valence-electron chi connectivity index (χ3n) is 5.38. The lowest BCUT2D eigenvalue weighted by Crippen LogP contribution is -2.36. The Bertz CT molecular complexity index is 444. The minimum Gasteiger partial charge on any atom is -0.494 e. The lowest BCUT2D eigenvalue weighted by Gasteiger charge is -2.30. The van der Waals surface area contributed by atoms with E-state index in [1.54, 1.807) is 0 Å². The lowest BCUT2D eigenvalue weighted by atomic mass is 10.1. The van der Waals surface area contributed by atoms with Crippen molar-refractivity contribution in [2.75, 3.05) is 6.61 Å². The van der Waals surface area contributed by atoms with Crippen LogP contribution in [-0.2, 0) is 6.54 Å². The molecule has 0 N–H and O–H groups in total. The predicted molar refractivity (Wildman–Crippen MR) is 120 cm³/mol. The van der Waals surface area contributed by atoms with Crippen molar-refractivity contribution in [2.24, 2.45) is 0 Å². The zero-order chi connectivity index (χ0) is 19.9. The summed E-state index contributed by atoms with van der Waals surface area (Å²) in [6, 6.07) is 9.82. The SMILES string of the molecule is CCCCCCCCCCCCOc1ccc(CN(C(C)C)C(C)C)cc1. The van der Waals surface area contributed by atoms with Gasteiger partial charge in [0, 0.05) is 18.6 Å². The molecule has 2 nitrogen and oxygen atoms in total. The summed E-state index contributed by atoms with van der Waals surface area (Å²) in [5, 5.41) is 0. The van der Waals surface area contributed by atoms with Gasteiger partial charge in [0.2, 0.25) is 0 Å². The van der Waals surface area contributed by atoms with E-state index in [1.165, 1.54) is 69.8 Å². The van der Waals surface area contributed by atoms with Gasteiger partial charge >= 0.3 is 0 Å². The number of hydrogen-bond acceptors (Lipinski definition) is 2. The molecule has 1 aromatic carbocycles. The van der Waals surface area contributed by atoms with Crippen LogP contribution in [0.25, 0.3) is 0 Å². The molecule has 0 aliphatic carbocycles. The van der Waals surface area contributed by atoms with Crippen molar-refractivity contribution in [1.82, 2.24) is 4.90 Å². The molecule has 1 aromatic rings. The largest absolute Gasteiger partial charge is 0.494 e. The van der Waals surface area contributed by atoms with Gasteiger partial charge in [-0.2, -0.15) is 0 Å². The average Bonchev–Trinajstić information content (AvgIpc) is 2.64. The van der Waals surface area contributed by atoms with Crippen LogP contribution in [-0.4, -0.2) is 23.6 Å². The molecule has 0 aliphatic heterocycles. The first-order valence-corrected chi connectivity index (χ1v) is 11.5. The van der Waals surface area contributed by atoms with Crippen molar-refractivity contribution in [3.63, 3.8) is 0 Å². The second-order valence-electron chi connectivity index (χ2n) is 8.53. The van der Waals surface area contributed by atoms with Crippen LogP contribution in [0, 0.1) is 0 Å². The Labute approximate surface area is 169 Å². The van der Waals surface area contributed by atoms with Crippen LogP contribution in [0.5, 0.6) is 5.75 Å². The van der Waals surface area contributed by atoms with E-state index in [-0.39, 0.29) is 0 Å². The highest BCUT2D eigenvalue weighted by Crippen LogP contribution is 2.17. The summed E-state index contributed by atoms with van der Waals surface area (Å²) in [6.45, 7) is 13.2. The van der Waals surface area contributed by atoms with Crippen LogP contribution in [0.3, 0.4) is 0 Å². The van der Waals surface area contributed by atoms with Gasteiger partial charge in [0.1, 0.15) is 5.75 Å². The monoisotopic (exact) mass is 375 g/mol. The molecule has 0 heterocycles. The first kappa shape index (κ1) is 24.0. The zero-order valence-corrected chi connectivity index (χ0v) is 18.8. The fraction of sp³-hybridized carbons (Fsp3) is 0.760. The second kappa shape index (κ2) is 15.0. The van der Waals surface area contributed by atoms with Gasteiger partial charge in [-0.15, -0.1) is 0 Å². The maximum absolute atomic E-state index is 5.92. The van der Waals surface area contributed by atoms with E-state index < -0.39 is 0 Å². The highest BCUT2D eigenvalue weighted by molar-refractivity contribution is 5.27. The second-order valence-corrected chi connectivity index (χ2v) is 8.53. The molecule has 0 bridgehead atoms. The number of nitrogens with zero attached hydrogens (tertiary/aromatic N) is 1. The molecule has 0 fully saturated rings. The van der Waals surface area contributed by atoms with Crippen LogP contribution in [0.15, 0.2) is 24.3 Å². The van der Waals surface area contributed by atoms with Crippen LogP contribution >= 0.6 is 0 Å². The quantitative estimate of drug-likeness (QED) is 0.276. The number of ether oxygens (including phenoxy) is 1. The normalized spacial score (nSPS) is 11.7. The van der Waals surface area contributed by atoms with E-state index in [0.717, 1.165) is 18.9 Å². The van der Waals surface area contributed by atoms with Gasteiger partial charge in [0.15, 0.2) is 0 Å². The third kappa shape index (κ3) is 11.4. The molecule has 27 heavy (non-hydrogen) atoms. The van der Waals surface area contributed by atoms with E-state index in [9.17, 15) is 0 Å². The summed E-state index contributed by atoms with van der Waals surface area (Å²) in [6.07, 6.45) is 13.7. The molecule has 0 spiro atoms. The molecule has 0 radical (unpaired) electrons. The number of hydrogen-bond donors (Lipinski definition) is 0. The topological polar surface area (TPSA) is 12.5 Å². The minimum absolute atomic E-state index is 0.567. The zero-order valence-electron chi connectivity index (χ0n) is 18.8. The molecule has 0 saturated heterocycles. The van der Waals surface area contributed by atoms with Gasteiger partial charge < -0.3 is 4.74 Å². The van der Waals surface area contributed by atoms with Crippen molar-refractivity contribution in [2.45, 2.75) is 117 Å². The van der Waals surface area contributed by atoms with Gasteiger partial charge in [-0.1, -0.05) is 76.8 Å². The standard InChI is InChI=1S/C25H45NO/c1-6-7-8-9-10-11-12-13-14-15-20-27-25-18-16-24(17-19-25)21-26(22(2)3)23(4)5/h16-19,22-23H,6-15,20-21H2,1-5H3. The Hall–Kier alpha value is -1.02. The smallest absolute Gasteiger partial charge is 0.119 e. The van der Waals surface area contributed by atoms with Crippen molar-refractivity contribution < 1.29 is 4.74 Å². The highest BCUT2D eigenvalue weighted by atomic mass is 16.5. The van der Waals surface area contributed by atoms with E-state index in [2.05, 4.69) is 63.8 Å². The Morgan fingerprint density at radius 3 is 1.67 bits per heavy atom. The predicted octanol–water partition coefficient (Wildman–Crippen LogP) is 7.61. The van der Waals surface area contributed by atoms with Crippen LogP contribution < -0.4 is 4.74 Å². The Kier molecular flexibility index (Phi) is 13.3. The Morgan fingerprint density at radius 1 is 0.704 bits per heavy atom. The molecule has 0 atom stereocenters. The van der Waals surface area contributed by atoms with Crippen LogP contribution in [0.2, 0.25) is 0 Å². The molecule has 2 heteroatoms. The van der Waals surface area contributed by atoms with Crippen molar-refractivity contribution in [3.05, 3.63) is 29.8 Å². The van der Waals surface area contributed by atoms with Gasteiger partial charge in [0.25, 0.3) is 0 Å². The number of unbranched alkanes of at least 4 members (excludes halogenated alkanes) is 9. The van der Waals surface area contributed by atoms with E-state index in [4.69, 9.17) is 4.74 Å². The summed E-state index contributed by atoms with van der Waals surface area (Å²) >= 11 is 0. The molecule has 1 rings (SSSR count). The summed E-state index contributed by atoms with van der Waals surface area (Å²) in [5.41, 5.74) is 1.36.